The minimum Gasteiger partial charge on any atom is -0.376 e. The monoisotopic (exact) mass is 324 g/mol. The third kappa shape index (κ3) is 4.21. The summed E-state index contributed by atoms with van der Waals surface area (Å²) < 4.78 is 5.41. The minimum absolute atomic E-state index is 0.0257. The number of carbonyl (C=O) groups excluding carboxylic acids is 1. The molecular formula is C15H14Cl2N2O2. The van der Waals surface area contributed by atoms with Crippen LogP contribution in [-0.2, 0) is 9.53 Å². The fraction of sp³-hybridized carbons (Fsp3) is 0.333. The Morgan fingerprint density at radius 2 is 2.19 bits per heavy atom. The van der Waals surface area contributed by atoms with Crippen molar-refractivity contribution in [3.63, 3.8) is 0 Å². The summed E-state index contributed by atoms with van der Waals surface area (Å²) in [4.78, 5) is 12.0. The predicted molar refractivity (Wildman–Crippen MR) is 82.0 cm³/mol. The van der Waals surface area contributed by atoms with Crippen LogP contribution in [0.15, 0.2) is 23.8 Å². The van der Waals surface area contributed by atoms with Gasteiger partial charge in [0.25, 0.3) is 5.91 Å². The maximum Gasteiger partial charge on any atom is 0.262 e. The predicted octanol–water partition coefficient (Wildman–Crippen LogP) is 3.20. The van der Waals surface area contributed by atoms with E-state index in [1.165, 1.54) is 6.08 Å². The van der Waals surface area contributed by atoms with E-state index in [4.69, 9.17) is 33.2 Å². The van der Waals surface area contributed by atoms with Gasteiger partial charge in [-0.05, 0) is 31.1 Å². The molecule has 1 fully saturated rings. The van der Waals surface area contributed by atoms with Gasteiger partial charge in [0.05, 0.1) is 6.10 Å². The van der Waals surface area contributed by atoms with Gasteiger partial charge in [-0.25, -0.2) is 0 Å². The van der Waals surface area contributed by atoms with E-state index >= 15 is 0 Å². The third-order valence-corrected chi connectivity index (χ3v) is 3.83. The molecule has 0 spiro atoms. The number of ether oxygens (including phenoxy) is 1. The molecule has 0 aromatic heterocycles. The summed E-state index contributed by atoms with van der Waals surface area (Å²) in [5, 5.41) is 12.6. The molecule has 21 heavy (non-hydrogen) atoms. The lowest BCUT2D eigenvalue weighted by atomic mass is 10.1. The molecule has 0 bridgehead atoms. The third-order valence-electron chi connectivity index (χ3n) is 3.17. The van der Waals surface area contributed by atoms with E-state index in [2.05, 4.69) is 5.32 Å². The Morgan fingerprint density at radius 1 is 1.48 bits per heavy atom. The number of nitriles is 1. The highest BCUT2D eigenvalue weighted by Gasteiger charge is 2.18. The van der Waals surface area contributed by atoms with Crippen molar-refractivity contribution in [1.29, 1.82) is 5.26 Å². The zero-order valence-corrected chi connectivity index (χ0v) is 12.7. The molecule has 110 valence electrons. The van der Waals surface area contributed by atoms with E-state index in [-0.39, 0.29) is 11.7 Å². The van der Waals surface area contributed by atoms with Crippen molar-refractivity contribution in [3.05, 3.63) is 39.4 Å². The van der Waals surface area contributed by atoms with Crippen LogP contribution in [0.5, 0.6) is 0 Å². The van der Waals surface area contributed by atoms with E-state index in [0.717, 1.165) is 19.4 Å². The molecule has 0 saturated carbocycles. The molecule has 0 radical (unpaired) electrons. The Hall–Kier alpha value is -1.54. The number of benzene rings is 1. The lowest BCUT2D eigenvalue weighted by Crippen LogP contribution is -2.32. The topological polar surface area (TPSA) is 62.1 Å². The normalized spacial score (nSPS) is 18.3. The highest BCUT2D eigenvalue weighted by Crippen LogP contribution is 2.26. The second-order valence-electron chi connectivity index (χ2n) is 4.65. The fourth-order valence-electron chi connectivity index (χ4n) is 2.05. The van der Waals surface area contributed by atoms with Crippen LogP contribution in [0.25, 0.3) is 6.08 Å². The summed E-state index contributed by atoms with van der Waals surface area (Å²) in [6.07, 6.45) is 3.34. The molecule has 0 unspecified atom stereocenters. The highest BCUT2D eigenvalue weighted by atomic mass is 35.5. The Balaban J connectivity index is 2.09. The zero-order chi connectivity index (χ0) is 15.2. The standard InChI is InChI=1S/C15H14Cl2N2O2/c16-13-4-1-5-14(17)12(13)7-10(8-18)15(20)19-9-11-3-2-6-21-11/h1,4-5,7,11H,2-3,6,9H2,(H,19,20)/b10-7+/t11-/m0/s1. The summed E-state index contributed by atoms with van der Waals surface area (Å²) in [7, 11) is 0. The number of nitrogens with zero attached hydrogens (tertiary/aromatic N) is 1. The average molecular weight is 325 g/mol. The van der Waals surface area contributed by atoms with Crippen LogP contribution in [0.4, 0.5) is 0 Å². The van der Waals surface area contributed by atoms with Gasteiger partial charge in [-0.15, -0.1) is 0 Å². The van der Waals surface area contributed by atoms with Gasteiger partial charge in [-0.2, -0.15) is 5.26 Å². The number of amides is 1. The van der Waals surface area contributed by atoms with Gasteiger partial charge >= 0.3 is 0 Å². The van der Waals surface area contributed by atoms with E-state index in [9.17, 15) is 4.79 Å². The van der Waals surface area contributed by atoms with Gasteiger partial charge in [0.15, 0.2) is 0 Å². The molecule has 1 atom stereocenters. The summed E-state index contributed by atoms with van der Waals surface area (Å²) in [5.41, 5.74) is 0.424. The first kappa shape index (κ1) is 15.8. The van der Waals surface area contributed by atoms with Crippen molar-refractivity contribution in [2.45, 2.75) is 18.9 Å². The van der Waals surface area contributed by atoms with E-state index < -0.39 is 5.91 Å². The lowest BCUT2D eigenvalue weighted by molar-refractivity contribution is -0.117. The van der Waals surface area contributed by atoms with E-state index in [1.54, 1.807) is 18.2 Å². The first-order chi connectivity index (χ1) is 10.1. The number of carbonyl (C=O) groups is 1. The minimum atomic E-state index is -0.455. The second-order valence-corrected chi connectivity index (χ2v) is 5.46. The molecular weight excluding hydrogens is 311 g/mol. The van der Waals surface area contributed by atoms with E-state index in [0.29, 0.717) is 22.2 Å². The van der Waals surface area contributed by atoms with Crippen molar-refractivity contribution in [2.75, 3.05) is 13.2 Å². The van der Waals surface area contributed by atoms with Crippen LogP contribution >= 0.6 is 23.2 Å². The molecule has 4 nitrogen and oxygen atoms in total. The lowest BCUT2D eigenvalue weighted by Gasteiger charge is -2.10. The Bertz CT molecular complexity index is 582. The van der Waals surface area contributed by atoms with Crippen molar-refractivity contribution in [1.82, 2.24) is 5.32 Å². The molecule has 1 amide bonds. The SMILES string of the molecule is N#C/C(=C\c1c(Cl)cccc1Cl)C(=O)NC[C@@H]1CCCO1. The molecule has 1 heterocycles. The van der Waals surface area contributed by atoms with Crippen LogP contribution in [0.2, 0.25) is 10.0 Å². The number of hydrogen-bond acceptors (Lipinski definition) is 3. The van der Waals surface area contributed by atoms with Crippen molar-refractivity contribution >= 4 is 35.2 Å². The Labute approximate surface area is 133 Å². The molecule has 1 saturated heterocycles. The molecule has 1 aromatic carbocycles. The number of hydrogen-bond donors (Lipinski definition) is 1. The van der Waals surface area contributed by atoms with Gasteiger partial charge < -0.3 is 10.1 Å². The molecule has 1 aliphatic rings. The van der Waals surface area contributed by atoms with Gasteiger partial charge in [-0.3, -0.25) is 4.79 Å². The average Bonchev–Trinajstić information content (AvgIpc) is 2.98. The fourth-order valence-corrected chi connectivity index (χ4v) is 2.56. The molecule has 1 N–H and O–H groups in total. The first-order valence-corrected chi connectivity index (χ1v) is 7.33. The molecule has 2 rings (SSSR count). The van der Waals surface area contributed by atoms with Crippen molar-refractivity contribution in [2.24, 2.45) is 0 Å². The molecule has 1 aromatic rings. The summed E-state index contributed by atoms with van der Waals surface area (Å²) >= 11 is 12.1. The summed E-state index contributed by atoms with van der Waals surface area (Å²) in [6.45, 7) is 1.12. The highest BCUT2D eigenvalue weighted by molar-refractivity contribution is 6.37. The van der Waals surface area contributed by atoms with Crippen LogP contribution in [-0.4, -0.2) is 25.2 Å². The maximum atomic E-state index is 12.0. The largest absolute Gasteiger partial charge is 0.376 e. The summed E-state index contributed by atoms with van der Waals surface area (Å²) in [6, 6.07) is 6.87. The van der Waals surface area contributed by atoms with Crippen LogP contribution in [0, 0.1) is 11.3 Å². The zero-order valence-electron chi connectivity index (χ0n) is 11.2. The van der Waals surface area contributed by atoms with E-state index in [1.807, 2.05) is 6.07 Å². The quantitative estimate of drug-likeness (QED) is 0.683. The Morgan fingerprint density at radius 3 is 2.76 bits per heavy atom. The second kappa shape index (κ2) is 7.46. The van der Waals surface area contributed by atoms with Crippen LogP contribution < -0.4 is 5.32 Å². The van der Waals surface area contributed by atoms with Gasteiger partial charge in [0, 0.05) is 28.8 Å². The first-order valence-electron chi connectivity index (χ1n) is 6.57. The van der Waals surface area contributed by atoms with Crippen LogP contribution in [0.1, 0.15) is 18.4 Å². The van der Waals surface area contributed by atoms with Gasteiger partial charge in [0.2, 0.25) is 0 Å². The Kier molecular flexibility index (Phi) is 5.63. The maximum absolute atomic E-state index is 12.0. The van der Waals surface area contributed by atoms with Crippen LogP contribution in [0.3, 0.4) is 0 Å². The smallest absolute Gasteiger partial charge is 0.262 e. The summed E-state index contributed by atoms with van der Waals surface area (Å²) in [5.74, 6) is -0.455. The van der Waals surface area contributed by atoms with Crippen molar-refractivity contribution < 1.29 is 9.53 Å². The number of rotatable bonds is 4. The van der Waals surface area contributed by atoms with Gasteiger partial charge in [0.1, 0.15) is 11.6 Å². The number of halogens is 2. The molecule has 6 heteroatoms. The molecule has 1 aliphatic heterocycles. The van der Waals surface area contributed by atoms with Crippen molar-refractivity contribution in [3.8, 4) is 6.07 Å². The van der Waals surface area contributed by atoms with Gasteiger partial charge in [-0.1, -0.05) is 29.3 Å². The number of nitrogens with one attached hydrogen (secondary N) is 1. The molecule has 0 aliphatic carbocycles.